The zero-order valence-corrected chi connectivity index (χ0v) is 13.1. The molecule has 0 unspecified atom stereocenters. The predicted molar refractivity (Wildman–Crippen MR) is 87.0 cm³/mol. The van der Waals surface area contributed by atoms with Crippen LogP contribution in [0.25, 0.3) is 0 Å². The number of nitrogens with two attached hydrogens (primary N) is 1. The number of ether oxygens (including phenoxy) is 1. The fourth-order valence-corrected chi connectivity index (χ4v) is 3.64. The second-order valence-electron chi connectivity index (χ2n) is 6.53. The molecule has 4 heteroatoms. The molecule has 0 spiro atoms. The number of methoxy groups -OCH3 is 1. The lowest BCUT2D eigenvalue weighted by molar-refractivity contribution is 0.199. The second kappa shape index (κ2) is 6.24. The highest BCUT2D eigenvalue weighted by Gasteiger charge is 2.32. The van der Waals surface area contributed by atoms with Gasteiger partial charge in [0.25, 0.3) is 0 Å². The summed E-state index contributed by atoms with van der Waals surface area (Å²) in [6, 6.07) is 8.37. The molecule has 0 atom stereocenters. The van der Waals surface area contributed by atoms with Crippen molar-refractivity contribution in [3.05, 3.63) is 24.3 Å². The van der Waals surface area contributed by atoms with E-state index >= 15 is 0 Å². The van der Waals surface area contributed by atoms with E-state index in [1.54, 1.807) is 7.11 Å². The standard InChI is InChI=1S/C17H27N3O/c1-21-16-6-4-15(5-7-16)20-12-10-19(11-13-20)14-17(18)8-2-3-9-17/h4-7H,2-3,8-14,18H2,1H3. The van der Waals surface area contributed by atoms with Crippen LogP contribution in [-0.2, 0) is 0 Å². The molecule has 1 aromatic carbocycles. The minimum Gasteiger partial charge on any atom is -0.497 e. The lowest BCUT2D eigenvalue weighted by Gasteiger charge is -2.39. The molecular formula is C17H27N3O. The Labute approximate surface area is 127 Å². The number of rotatable bonds is 4. The molecule has 116 valence electrons. The predicted octanol–water partition coefficient (Wildman–Crippen LogP) is 2.09. The Balaban J connectivity index is 1.52. The first kappa shape index (κ1) is 14.7. The third kappa shape index (κ3) is 3.50. The Morgan fingerprint density at radius 1 is 1.05 bits per heavy atom. The van der Waals surface area contributed by atoms with Crippen LogP contribution in [-0.4, -0.2) is 50.3 Å². The first-order valence-electron chi connectivity index (χ1n) is 8.09. The number of hydrogen-bond donors (Lipinski definition) is 1. The molecule has 1 aromatic rings. The first-order chi connectivity index (χ1) is 10.2. The van der Waals surface area contributed by atoms with Gasteiger partial charge in [0.2, 0.25) is 0 Å². The summed E-state index contributed by atoms with van der Waals surface area (Å²) in [6.07, 6.45) is 5.02. The highest BCUT2D eigenvalue weighted by atomic mass is 16.5. The topological polar surface area (TPSA) is 41.7 Å². The Hall–Kier alpha value is -1.26. The highest BCUT2D eigenvalue weighted by molar-refractivity contribution is 5.49. The van der Waals surface area contributed by atoms with E-state index in [9.17, 15) is 0 Å². The fourth-order valence-electron chi connectivity index (χ4n) is 3.64. The van der Waals surface area contributed by atoms with Crippen molar-refractivity contribution >= 4 is 5.69 Å². The number of piperazine rings is 1. The van der Waals surface area contributed by atoms with Crippen LogP contribution in [0.5, 0.6) is 5.75 Å². The largest absolute Gasteiger partial charge is 0.497 e. The Kier molecular flexibility index (Phi) is 4.36. The van der Waals surface area contributed by atoms with Crippen LogP contribution in [0.3, 0.4) is 0 Å². The quantitative estimate of drug-likeness (QED) is 0.921. The molecule has 0 amide bonds. The van der Waals surface area contributed by atoms with Gasteiger partial charge in [0.15, 0.2) is 0 Å². The summed E-state index contributed by atoms with van der Waals surface area (Å²) in [5.41, 5.74) is 7.87. The van der Waals surface area contributed by atoms with E-state index in [4.69, 9.17) is 10.5 Å². The van der Waals surface area contributed by atoms with Gasteiger partial charge < -0.3 is 15.4 Å². The summed E-state index contributed by atoms with van der Waals surface area (Å²) >= 11 is 0. The van der Waals surface area contributed by atoms with Gasteiger partial charge in [-0.25, -0.2) is 0 Å². The average Bonchev–Trinajstić information content (AvgIpc) is 2.94. The van der Waals surface area contributed by atoms with Crippen molar-refractivity contribution in [2.24, 2.45) is 5.73 Å². The van der Waals surface area contributed by atoms with Crippen molar-refractivity contribution < 1.29 is 4.74 Å². The lowest BCUT2D eigenvalue weighted by atomic mass is 9.98. The maximum atomic E-state index is 6.50. The van der Waals surface area contributed by atoms with Crippen molar-refractivity contribution in [2.45, 2.75) is 31.2 Å². The fraction of sp³-hybridized carbons (Fsp3) is 0.647. The zero-order chi connectivity index (χ0) is 14.7. The molecule has 1 aliphatic heterocycles. The highest BCUT2D eigenvalue weighted by Crippen LogP contribution is 2.28. The van der Waals surface area contributed by atoms with Crippen molar-refractivity contribution in [2.75, 3.05) is 44.7 Å². The molecule has 2 N–H and O–H groups in total. The SMILES string of the molecule is COc1ccc(N2CCN(CC3(N)CCCC3)CC2)cc1. The minimum atomic E-state index is 0.0856. The molecule has 0 aromatic heterocycles. The zero-order valence-electron chi connectivity index (χ0n) is 13.1. The molecule has 3 rings (SSSR count). The monoisotopic (exact) mass is 289 g/mol. The number of hydrogen-bond acceptors (Lipinski definition) is 4. The smallest absolute Gasteiger partial charge is 0.119 e. The summed E-state index contributed by atoms with van der Waals surface area (Å²) in [7, 11) is 1.71. The van der Waals surface area contributed by atoms with Gasteiger partial charge in [-0.1, -0.05) is 12.8 Å². The van der Waals surface area contributed by atoms with E-state index in [1.165, 1.54) is 31.4 Å². The van der Waals surface area contributed by atoms with Gasteiger partial charge in [-0.3, -0.25) is 4.90 Å². The van der Waals surface area contributed by atoms with E-state index in [0.29, 0.717) is 0 Å². The molecule has 1 heterocycles. The molecule has 1 aliphatic carbocycles. The van der Waals surface area contributed by atoms with Crippen LogP contribution in [0.4, 0.5) is 5.69 Å². The van der Waals surface area contributed by atoms with Gasteiger partial charge in [0, 0.05) is 44.0 Å². The van der Waals surface area contributed by atoms with E-state index in [-0.39, 0.29) is 5.54 Å². The van der Waals surface area contributed by atoms with E-state index in [2.05, 4.69) is 21.9 Å². The number of benzene rings is 1. The molecular weight excluding hydrogens is 262 g/mol. The second-order valence-corrected chi connectivity index (χ2v) is 6.53. The summed E-state index contributed by atoms with van der Waals surface area (Å²) in [6.45, 7) is 5.48. The van der Waals surface area contributed by atoms with Crippen LogP contribution < -0.4 is 15.4 Å². The summed E-state index contributed by atoms with van der Waals surface area (Å²) in [5, 5.41) is 0. The van der Waals surface area contributed by atoms with Crippen LogP contribution >= 0.6 is 0 Å². The van der Waals surface area contributed by atoms with Crippen molar-refractivity contribution in [1.29, 1.82) is 0 Å². The summed E-state index contributed by atoms with van der Waals surface area (Å²) < 4.78 is 5.22. The molecule has 2 aliphatic rings. The van der Waals surface area contributed by atoms with E-state index in [1.807, 2.05) is 12.1 Å². The molecule has 0 radical (unpaired) electrons. The van der Waals surface area contributed by atoms with E-state index < -0.39 is 0 Å². The molecule has 21 heavy (non-hydrogen) atoms. The van der Waals surface area contributed by atoms with Crippen LogP contribution in [0.2, 0.25) is 0 Å². The lowest BCUT2D eigenvalue weighted by Crippen LogP contribution is -2.54. The van der Waals surface area contributed by atoms with Gasteiger partial charge >= 0.3 is 0 Å². The van der Waals surface area contributed by atoms with Gasteiger partial charge in [-0.2, -0.15) is 0 Å². The van der Waals surface area contributed by atoms with Crippen LogP contribution in [0, 0.1) is 0 Å². The third-order valence-corrected chi connectivity index (χ3v) is 4.95. The maximum absolute atomic E-state index is 6.50. The average molecular weight is 289 g/mol. The molecule has 1 saturated heterocycles. The number of nitrogens with zero attached hydrogens (tertiary/aromatic N) is 2. The van der Waals surface area contributed by atoms with Gasteiger partial charge in [0.1, 0.15) is 5.75 Å². The Morgan fingerprint density at radius 2 is 1.67 bits per heavy atom. The summed E-state index contributed by atoms with van der Waals surface area (Å²) in [5.74, 6) is 0.920. The van der Waals surface area contributed by atoms with E-state index in [0.717, 1.165) is 38.5 Å². The van der Waals surface area contributed by atoms with Gasteiger partial charge in [-0.05, 0) is 37.1 Å². The normalized spacial score (nSPS) is 22.5. The molecule has 0 bridgehead atoms. The van der Waals surface area contributed by atoms with Crippen LogP contribution in [0.1, 0.15) is 25.7 Å². The van der Waals surface area contributed by atoms with Gasteiger partial charge in [0.05, 0.1) is 7.11 Å². The Morgan fingerprint density at radius 3 is 2.24 bits per heavy atom. The third-order valence-electron chi connectivity index (χ3n) is 4.95. The van der Waals surface area contributed by atoms with Crippen molar-refractivity contribution in [3.63, 3.8) is 0 Å². The Bertz CT molecular complexity index is 446. The first-order valence-corrected chi connectivity index (χ1v) is 8.09. The maximum Gasteiger partial charge on any atom is 0.119 e. The number of anilines is 1. The van der Waals surface area contributed by atoms with Crippen molar-refractivity contribution in [3.8, 4) is 5.75 Å². The minimum absolute atomic E-state index is 0.0856. The molecule has 1 saturated carbocycles. The summed E-state index contributed by atoms with van der Waals surface area (Å²) in [4.78, 5) is 5.00. The van der Waals surface area contributed by atoms with Crippen molar-refractivity contribution in [1.82, 2.24) is 4.90 Å². The molecule has 2 fully saturated rings. The molecule has 4 nitrogen and oxygen atoms in total. The van der Waals surface area contributed by atoms with Crippen LogP contribution in [0.15, 0.2) is 24.3 Å². The van der Waals surface area contributed by atoms with Gasteiger partial charge in [-0.15, -0.1) is 0 Å².